The van der Waals surface area contributed by atoms with Crippen molar-refractivity contribution in [3.8, 4) is 0 Å². The van der Waals surface area contributed by atoms with Crippen molar-refractivity contribution in [2.24, 2.45) is 0 Å². The summed E-state index contributed by atoms with van der Waals surface area (Å²) in [5, 5.41) is 3.48. The Balaban J connectivity index is 2.46. The van der Waals surface area contributed by atoms with Crippen LogP contribution in [0.2, 0.25) is 0 Å². The largest absolute Gasteiger partial charge is 0.466 e. The SMILES string of the molecule is C/C=C/CCNC(C)c1cc(C)oc1C. The molecule has 0 saturated heterocycles. The van der Waals surface area contributed by atoms with E-state index >= 15 is 0 Å². The molecule has 0 fully saturated rings. The number of allylic oxidation sites excluding steroid dienone is 1. The Labute approximate surface area is 92.4 Å². The molecule has 0 amide bonds. The van der Waals surface area contributed by atoms with E-state index in [1.165, 1.54) is 5.56 Å². The van der Waals surface area contributed by atoms with E-state index in [4.69, 9.17) is 4.42 Å². The van der Waals surface area contributed by atoms with E-state index in [2.05, 4.69) is 30.5 Å². The van der Waals surface area contributed by atoms with Gasteiger partial charge in [-0.3, -0.25) is 0 Å². The molecule has 0 radical (unpaired) electrons. The average molecular weight is 207 g/mol. The van der Waals surface area contributed by atoms with Gasteiger partial charge in [-0.1, -0.05) is 12.2 Å². The highest BCUT2D eigenvalue weighted by Crippen LogP contribution is 2.20. The summed E-state index contributed by atoms with van der Waals surface area (Å²) >= 11 is 0. The van der Waals surface area contributed by atoms with Crippen LogP contribution >= 0.6 is 0 Å². The fourth-order valence-corrected chi connectivity index (χ4v) is 1.74. The second kappa shape index (κ2) is 5.76. The van der Waals surface area contributed by atoms with Crippen LogP contribution in [0.15, 0.2) is 22.6 Å². The quantitative estimate of drug-likeness (QED) is 0.590. The van der Waals surface area contributed by atoms with Crippen LogP contribution in [0.4, 0.5) is 0 Å². The summed E-state index contributed by atoms with van der Waals surface area (Å²) < 4.78 is 5.51. The van der Waals surface area contributed by atoms with Crippen LogP contribution < -0.4 is 5.32 Å². The minimum absolute atomic E-state index is 0.368. The third kappa shape index (κ3) is 3.56. The summed E-state index contributed by atoms with van der Waals surface area (Å²) in [6, 6.07) is 2.48. The maximum atomic E-state index is 5.51. The van der Waals surface area contributed by atoms with Gasteiger partial charge in [0.1, 0.15) is 11.5 Å². The molecule has 84 valence electrons. The van der Waals surface area contributed by atoms with E-state index < -0.39 is 0 Å². The monoisotopic (exact) mass is 207 g/mol. The zero-order valence-electron chi connectivity index (χ0n) is 10.1. The fraction of sp³-hybridized carbons (Fsp3) is 0.538. The number of furan rings is 1. The second-order valence-electron chi connectivity index (χ2n) is 3.90. The molecule has 1 rings (SSSR count). The standard InChI is InChI=1S/C13H21NO/c1-5-6-7-8-14-11(3)13-9-10(2)15-12(13)4/h5-6,9,11,14H,7-8H2,1-4H3/b6-5+. The van der Waals surface area contributed by atoms with E-state index in [0.717, 1.165) is 24.5 Å². The van der Waals surface area contributed by atoms with Gasteiger partial charge >= 0.3 is 0 Å². The highest BCUT2D eigenvalue weighted by Gasteiger charge is 2.11. The van der Waals surface area contributed by atoms with Crippen molar-refractivity contribution in [2.45, 2.75) is 40.2 Å². The predicted octanol–water partition coefficient (Wildman–Crippen LogP) is 3.51. The van der Waals surface area contributed by atoms with Crippen molar-refractivity contribution < 1.29 is 4.42 Å². The van der Waals surface area contributed by atoms with Crippen LogP contribution in [0, 0.1) is 13.8 Å². The number of hydrogen-bond acceptors (Lipinski definition) is 2. The molecule has 2 nitrogen and oxygen atoms in total. The van der Waals surface area contributed by atoms with Gasteiger partial charge in [0.2, 0.25) is 0 Å². The van der Waals surface area contributed by atoms with Crippen LogP contribution in [-0.2, 0) is 0 Å². The molecule has 0 aromatic carbocycles. The number of nitrogens with one attached hydrogen (secondary N) is 1. The van der Waals surface area contributed by atoms with Gasteiger partial charge in [0.05, 0.1) is 0 Å². The molecule has 0 aliphatic rings. The van der Waals surface area contributed by atoms with Crippen molar-refractivity contribution in [1.82, 2.24) is 5.32 Å². The third-order valence-electron chi connectivity index (χ3n) is 2.54. The number of aryl methyl sites for hydroxylation is 2. The first-order chi connectivity index (χ1) is 7.15. The summed E-state index contributed by atoms with van der Waals surface area (Å²) in [6.45, 7) is 9.24. The second-order valence-corrected chi connectivity index (χ2v) is 3.90. The van der Waals surface area contributed by atoms with Crippen LogP contribution in [0.1, 0.15) is 43.4 Å². The molecule has 0 saturated carbocycles. The lowest BCUT2D eigenvalue weighted by Gasteiger charge is -2.11. The van der Waals surface area contributed by atoms with Crippen LogP contribution in [-0.4, -0.2) is 6.54 Å². The highest BCUT2D eigenvalue weighted by molar-refractivity contribution is 5.23. The van der Waals surface area contributed by atoms with E-state index in [-0.39, 0.29) is 0 Å². The molecular formula is C13H21NO. The molecule has 1 aromatic rings. The lowest BCUT2D eigenvalue weighted by molar-refractivity contribution is 0.490. The molecule has 1 atom stereocenters. The van der Waals surface area contributed by atoms with Gasteiger partial charge in [0, 0.05) is 11.6 Å². The van der Waals surface area contributed by atoms with Gasteiger partial charge in [0.15, 0.2) is 0 Å². The Morgan fingerprint density at radius 1 is 1.47 bits per heavy atom. The Morgan fingerprint density at radius 2 is 2.20 bits per heavy atom. The van der Waals surface area contributed by atoms with Gasteiger partial charge in [0.25, 0.3) is 0 Å². The predicted molar refractivity (Wildman–Crippen MR) is 64.0 cm³/mol. The average Bonchev–Trinajstić information content (AvgIpc) is 2.52. The molecule has 1 aromatic heterocycles. The van der Waals surface area contributed by atoms with Crippen molar-refractivity contribution >= 4 is 0 Å². The van der Waals surface area contributed by atoms with Crippen molar-refractivity contribution in [1.29, 1.82) is 0 Å². The molecule has 0 aliphatic heterocycles. The summed E-state index contributed by atoms with van der Waals surface area (Å²) in [6.07, 6.45) is 5.34. The third-order valence-corrected chi connectivity index (χ3v) is 2.54. The minimum Gasteiger partial charge on any atom is -0.466 e. The summed E-state index contributed by atoms with van der Waals surface area (Å²) in [5.41, 5.74) is 1.27. The summed E-state index contributed by atoms with van der Waals surface area (Å²) in [5.74, 6) is 2.02. The van der Waals surface area contributed by atoms with E-state index in [1.807, 2.05) is 20.8 Å². The van der Waals surface area contributed by atoms with E-state index in [9.17, 15) is 0 Å². The molecule has 15 heavy (non-hydrogen) atoms. The van der Waals surface area contributed by atoms with E-state index in [1.54, 1.807) is 0 Å². The topological polar surface area (TPSA) is 25.2 Å². The van der Waals surface area contributed by atoms with Gasteiger partial charge in [-0.2, -0.15) is 0 Å². The van der Waals surface area contributed by atoms with Gasteiger partial charge in [-0.05, 0) is 46.7 Å². The van der Waals surface area contributed by atoms with Crippen molar-refractivity contribution in [3.05, 3.63) is 35.3 Å². The molecule has 0 spiro atoms. The van der Waals surface area contributed by atoms with Crippen molar-refractivity contribution in [2.75, 3.05) is 6.54 Å². The van der Waals surface area contributed by atoms with Crippen LogP contribution in [0.5, 0.6) is 0 Å². The maximum Gasteiger partial charge on any atom is 0.105 e. The van der Waals surface area contributed by atoms with Gasteiger partial charge < -0.3 is 9.73 Å². The number of rotatable bonds is 5. The molecule has 2 heteroatoms. The van der Waals surface area contributed by atoms with Gasteiger partial charge in [-0.15, -0.1) is 0 Å². The van der Waals surface area contributed by atoms with Gasteiger partial charge in [-0.25, -0.2) is 0 Å². The molecule has 1 N–H and O–H groups in total. The van der Waals surface area contributed by atoms with E-state index in [0.29, 0.717) is 6.04 Å². The lowest BCUT2D eigenvalue weighted by Crippen LogP contribution is -2.19. The first-order valence-electron chi connectivity index (χ1n) is 5.56. The Bertz CT molecular complexity index is 325. The Hall–Kier alpha value is -1.02. The molecule has 0 aliphatic carbocycles. The highest BCUT2D eigenvalue weighted by atomic mass is 16.3. The lowest BCUT2D eigenvalue weighted by atomic mass is 10.1. The van der Waals surface area contributed by atoms with Crippen molar-refractivity contribution in [3.63, 3.8) is 0 Å². The number of hydrogen-bond donors (Lipinski definition) is 1. The molecular weight excluding hydrogens is 186 g/mol. The summed E-state index contributed by atoms with van der Waals surface area (Å²) in [7, 11) is 0. The first-order valence-corrected chi connectivity index (χ1v) is 5.56. The Kier molecular flexibility index (Phi) is 4.63. The Morgan fingerprint density at radius 3 is 2.73 bits per heavy atom. The maximum absolute atomic E-state index is 5.51. The molecule has 0 bridgehead atoms. The zero-order chi connectivity index (χ0) is 11.3. The molecule has 1 heterocycles. The smallest absolute Gasteiger partial charge is 0.105 e. The zero-order valence-corrected chi connectivity index (χ0v) is 10.1. The fourth-order valence-electron chi connectivity index (χ4n) is 1.74. The minimum atomic E-state index is 0.368. The van der Waals surface area contributed by atoms with Crippen LogP contribution in [0.25, 0.3) is 0 Å². The van der Waals surface area contributed by atoms with Crippen LogP contribution in [0.3, 0.4) is 0 Å². The first kappa shape index (κ1) is 12.1. The normalized spacial score (nSPS) is 13.6. The summed E-state index contributed by atoms with van der Waals surface area (Å²) in [4.78, 5) is 0. The molecule has 1 unspecified atom stereocenters.